The van der Waals surface area contributed by atoms with E-state index in [4.69, 9.17) is 4.98 Å². The number of rotatable bonds is 4. The van der Waals surface area contributed by atoms with Gasteiger partial charge < -0.3 is 15.3 Å². The summed E-state index contributed by atoms with van der Waals surface area (Å²) in [5.74, 6) is 1.29. The summed E-state index contributed by atoms with van der Waals surface area (Å²) in [6, 6.07) is 7.35. The van der Waals surface area contributed by atoms with Gasteiger partial charge in [0.2, 0.25) is 0 Å². The number of fused-ring (bicyclic) bond motifs is 1. The van der Waals surface area contributed by atoms with E-state index in [1.54, 1.807) is 30.1 Å². The molecule has 0 aromatic carbocycles. The zero-order valence-electron chi connectivity index (χ0n) is 18.4. The number of nitrogens with one attached hydrogen (secondary N) is 1. The third kappa shape index (κ3) is 4.73. The minimum Gasteiger partial charge on any atom is -0.387 e. The molecule has 0 saturated carbocycles. The molecule has 0 aliphatic carbocycles. The molecule has 1 aliphatic heterocycles. The summed E-state index contributed by atoms with van der Waals surface area (Å²) in [5.41, 5.74) is 0.778. The summed E-state index contributed by atoms with van der Waals surface area (Å²) in [6.45, 7) is 2.98. The van der Waals surface area contributed by atoms with Crippen molar-refractivity contribution in [3.63, 3.8) is 0 Å². The molecule has 5 rings (SSSR count). The third-order valence-corrected chi connectivity index (χ3v) is 5.58. The molecule has 1 aliphatic rings. The van der Waals surface area contributed by atoms with E-state index in [-0.39, 0.29) is 0 Å². The summed E-state index contributed by atoms with van der Waals surface area (Å²) >= 11 is 0. The number of alkyl halides is 3. The van der Waals surface area contributed by atoms with Gasteiger partial charge in [-0.25, -0.2) is 9.67 Å². The van der Waals surface area contributed by atoms with Crippen LogP contribution in [0.1, 0.15) is 6.92 Å². The first-order valence-electron chi connectivity index (χ1n) is 10.8. The van der Waals surface area contributed by atoms with Crippen molar-refractivity contribution >= 4 is 16.7 Å². The quantitative estimate of drug-likeness (QED) is 0.471. The van der Waals surface area contributed by atoms with Gasteiger partial charge >= 0.3 is 6.18 Å². The van der Waals surface area contributed by atoms with Gasteiger partial charge in [-0.3, -0.25) is 9.67 Å². The lowest BCUT2D eigenvalue weighted by molar-refractivity contribution is -0.142. The highest BCUT2D eigenvalue weighted by atomic mass is 19.4. The number of aliphatic hydroxyl groups is 1. The molecule has 0 amide bonds. The Kier molecular flexibility index (Phi) is 5.48. The lowest BCUT2D eigenvalue weighted by atomic mass is 10.1. The molecule has 4 aromatic heterocycles. The Morgan fingerprint density at radius 2 is 1.97 bits per heavy atom. The van der Waals surface area contributed by atoms with E-state index in [0.717, 1.165) is 16.6 Å². The summed E-state index contributed by atoms with van der Waals surface area (Å²) in [4.78, 5) is 11.2. The minimum absolute atomic E-state index is 0.437. The first-order valence-corrected chi connectivity index (χ1v) is 10.8. The molecule has 0 radical (unpaired) electrons. The average Bonchev–Trinajstić information content (AvgIpc) is 3.36. The number of anilines is 1. The molecule has 0 unspecified atom stereocenters. The van der Waals surface area contributed by atoms with Crippen molar-refractivity contribution in [3.05, 3.63) is 49.1 Å². The van der Waals surface area contributed by atoms with Crippen LogP contribution in [-0.2, 0) is 6.54 Å². The van der Waals surface area contributed by atoms with Crippen molar-refractivity contribution in [1.82, 2.24) is 34.8 Å². The van der Waals surface area contributed by atoms with Crippen molar-refractivity contribution in [2.24, 2.45) is 0 Å². The smallest absolute Gasteiger partial charge is 0.387 e. The van der Waals surface area contributed by atoms with Crippen LogP contribution in [0.25, 0.3) is 28.0 Å². The summed E-state index contributed by atoms with van der Waals surface area (Å²) in [6.07, 6.45) is 1.61. The van der Waals surface area contributed by atoms with Gasteiger partial charge in [0.1, 0.15) is 12.4 Å². The van der Waals surface area contributed by atoms with Crippen LogP contribution in [-0.4, -0.2) is 72.6 Å². The maximum atomic E-state index is 12.7. The molecule has 2 N–H and O–H groups in total. The zero-order chi connectivity index (χ0) is 23.9. The van der Waals surface area contributed by atoms with Crippen LogP contribution in [0.5, 0.6) is 0 Å². The molecule has 4 aromatic rings. The molecule has 0 spiro atoms. The van der Waals surface area contributed by atoms with Crippen LogP contribution in [0.2, 0.25) is 0 Å². The molecule has 12 heteroatoms. The molecule has 178 valence electrons. The van der Waals surface area contributed by atoms with E-state index in [1.807, 2.05) is 23.1 Å². The Morgan fingerprint density at radius 1 is 1.15 bits per heavy atom. The van der Waals surface area contributed by atoms with Gasteiger partial charge in [-0.15, -0.1) is 0 Å². The van der Waals surface area contributed by atoms with E-state index >= 15 is 0 Å². The number of pyridine rings is 2. The van der Waals surface area contributed by atoms with Crippen LogP contribution in [0.3, 0.4) is 0 Å². The molecular weight excluding hydrogens is 449 g/mol. The second-order valence-corrected chi connectivity index (χ2v) is 8.68. The first kappa shape index (κ1) is 22.3. The Balaban J connectivity index is 1.48. The van der Waals surface area contributed by atoms with Gasteiger partial charge in [0.15, 0.2) is 5.82 Å². The molecular formula is C22H23F3N8O. The second-order valence-electron chi connectivity index (χ2n) is 8.68. The van der Waals surface area contributed by atoms with Gasteiger partial charge in [0.25, 0.3) is 0 Å². The highest BCUT2D eigenvalue weighted by Crippen LogP contribution is 2.25. The van der Waals surface area contributed by atoms with Crippen LogP contribution in [0.4, 0.5) is 19.0 Å². The van der Waals surface area contributed by atoms with Crippen molar-refractivity contribution < 1.29 is 18.3 Å². The highest BCUT2D eigenvalue weighted by Gasteiger charge is 2.29. The van der Waals surface area contributed by atoms with Crippen LogP contribution < -0.4 is 10.2 Å². The van der Waals surface area contributed by atoms with Crippen LogP contribution >= 0.6 is 0 Å². The highest BCUT2D eigenvalue weighted by molar-refractivity contribution is 5.83. The lowest BCUT2D eigenvalue weighted by Crippen LogP contribution is -2.43. The maximum Gasteiger partial charge on any atom is 0.408 e. The second kappa shape index (κ2) is 8.37. The number of nitrogens with zero attached hydrogens (tertiary/aromatic N) is 7. The fourth-order valence-corrected chi connectivity index (χ4v) is 4.05. The van der Waals surface area contributed by atoms with Gasteiger partial charge in [-0.05, 0) is 25.1 Å². The van der Waals surface area contributed by atoms with Gasteiger partial charge in [0, 0.05) is 49.5 Å². The number of hydrogen-bond acceptors (Lipinski definition) is 7. The zero-order valence-corrected chi connectivity index (χ0v) is 18.4. The number of β-amino-alcohol motifs (C(OH)–C–C–N with tert-alkyl or cyclic N) is 1. The molecule has 34 heavy (non-hydrogen) atoms. The largest absolute Gasteiger partial charge is 0.408 e. The van der Waals surface area contributed by atoms with E-state index in [2.05, 4.69) is 20.5 Å². The van der Waals surface area contributed by atoms with Crippen molar-refractivity contribution in [1.29, 1.82) is 0 Å². The molecule has 9 nitrogen and oxygen atoms in total. The SMILES string of the molecule is C[C@]1(O)CNCCN(c2cccc(-n3ncc4cnc(-c5cnn(CC(F)(F)F)c5)cc43)n2)C1. The topological polar surface area (TPSA) is 96.9 Å². The fraction of sp³-hybridized carbons (Fsp3) is 0.364. The van der Waals surface area contributed by atoms with E-state index in [9.17, 15) is 18.3 Å². The Labute approximate surface area is 192 Å². The standard InChI is InChI=1S/C22H23F3N8O/c1-21(34)12-26-5-6-31(13-21)19-3-2-4-20(30-19)33-18-7-17(27-8-15(18)9-29-33)16-10-28-32(11-16)14-22(23,24)25/h2-4,7-11,26,34H,5-6,12-14H2,1H3/t21-/m0/s1. The molecule has 1 saturated heterocycles. The van der Waals surface area contributed by atoms with Gasteiger partial charge in [-0.2, -0.15) is 23.4 Å². The van der Waals surface area contributed by atoms with Gasteiger partial charge in [0.05, 0.1) is 29.2 Å². The average molecular weight is 472 g/mol. The number of hydrogen-bond donors (Lipinski definition) is 2. The number of halogens is 3. The molecule has 1 fully saturated rings. The van der Waals surface area contributed by atoms with Crippen molar-refractivity contribution in [2.45, 2.75) is 25.2 Å². The van der Waals surface area contributed by atoms with Crippen molar-refractivity contribution in [2.75, 3.05) is 31.1 Å². The molecule has 0 bridgehead atoms. The summed E-state index contributed by atoms with van der Waals surface area (Å²) < 4.78 is 40.5. The predicted octanol–water partition coefficient (Wildman–Crippen LogP) is 2.40. The van der Waals surface area contributed by atoms with E-state index in [0.29, 0.717) is 48.0 Å². The van der Waals surface area contributed by atoms with E-state index < -0.39 is 18.3 Å². The Morgan fingerprint density at radius 3 is 2.79 bits per heavy atom. The Hall–Kier alpha value is -3.51. The fourth-order valence-electron chi connectivity index (χ4n) is 4.05. The predicted molar refractivity (Wildman–Crippen MR) is 120 cm³/mol. The first-order chi connectivity index (χ1) is 16.2. The molecule has 1 atom stereocenters. The summed E-state index contributed by atoms with van der Waals surface area (Å²) in [7, 11) is 0. The molecule has 5 heterocycles. The summed E-state index contributed by atoms with van der Waals surface area (Å²) in [5, 5.41) is 22.8. The number of aromatic nitrogens is 6. The normalized spacial score (nSPS) is 19.5. The lowest BCUT2D eigenvalue weighted by Gasteiger charge is -2.28. The Bertz CT molecular complexity index is 1310. The van der Waals surface area contributed by atoms with E-state index in [1.165, 1.54) is 12.4 Å². The minimum atomic E-state index is -4.35. The van der Waals surface area contributed by atoms with Crippen molar-refractivity contribution in [3.8, 4) is 17.1 Å². The monoisotopic (exact) mass is 472 g/mol. The maximum absolute atomic E-state index is 12.7. The van der Waals surface area contributed by atoms with Crippen LogP contribution in [0.15, 0.2) is 49.1 Å². The van der Waals surface area contributed by atoms with Crippen LogP contribution in [0, 0.1) is 0 Å². The van der Waals surface area contributed by atoms with Gasteiger partial charge in [-0.1, -0.05) is 6.07 Å². The third-order valence-electron chi connectivity index (χ3n) is 5.58.